The smallest absolute Gasteiger partial charge is 0.216 e. The molecule has 28 heavy (non-hydrogen) atoms. The van der Waals surface area contributed by atoms with Crippen molar-refractivity contribution < 1.29 is 4.74 Å². The van der Waals surface area contributed by atoms with E-state index < -0.39 is 0 Å². The topological polar surface area (TPSA) is 68.1 Å². The van der Waals surface area contributed by atoms with Gasteiger partial charge in [-0.15, -0.1) is 0 Å². The van der Waals surface area contributed by atoms with Gasteiger partial charge in [0.2, 0.25) is 4.77 Å². The molecule has 138 valence electrons. The average molecular weight is 387 g/mol. The van der Waals surface area contributed by atoms with Crippen molar-refractivity contribution in [1.82, 2.24) is 19.9 Å². The summed E-state index contributed by atoms with van der Waals surface area (Å²) in [6.45, 7) is 0.513. The van der Waals surface area contributed by atoms with Crippen molar-refractivity contribution in [3.05, 3.63) is 95.0 Å². The fraction of sp³-hybridized carbons (Fsp3) is 0.0476. The maximum absolute atomic E-state index is 5.87. The fourth-order valence-electron chi connectivity index (χ4n) is 2.63. The van der Waals surface area contributed by atoms with E-state index in [4.69, 9.17) is 17.0 Å². The monoisotopic (exact) mass is 387 g/mol. The number of H-pyrrole nitrogens is 1. The summed E-state index contributed by atoms with van der Waals surface area (Å²) < 4.78 is 7.85. The van der Waals surface area contributed by atoms with E-state index in [0.29, 0.717) is 17.2 Å². The minimum Gasteiger partial charge on any atom is -0.489 e. The van der Waals surface area contributed by atoms with Crippen LogP contribution >= 0.6 is 12.2 Å². The first-order valence-corrected chi connectivity index (χ1v) is 9.09. The van der Waals surface area contributed by atoms with Crippen LogP contribution in [0.4, 0.5) is 0 Å². The van der Waals surface area contributed by atoms with Crippen molar-refractivity contribution in [3.8, 4) is 17.1 Å². The normalized spacial score (nSPS) is 11.0. The number of pyridine rings is 1. The number of hydrogen-bond acceptors (Lipinski definition) is 5. The summed E-state index contributed by atoms with van der Waals surface area (Å²) in [5, 5.41) is 11.5. The van der Waals surface area contributed by atoms with E-state index in [1.165, 1.54) is 0 Å². The number of ether oxygens (including phenoxy) is 1. The quantitative estimate of drug-likeness (QED) is 0.392. The highest BCUT2D eigenvalue weighted by Crippen LogP contribution is 2.17. The zero-order chi connectivity index (χ0) is 19.2. The largest absolute Gasteiger partial charge is 0.489 e. The van der Waals surface area contributed by atoms with Crippen LogP contribution in [0.5, 0.6) is 5.75 Å². The van der Waals surface area contributed by atoms with Crippen molar-refractivity contribution >= 4 is 18.4 Å². The predicted molar refractivity (Wildman–Crippen MR) is 111 cm³/mol. The molecule has 2 aromatic carbocycles. The lowest BCUT2D eigenvalue weighted by Gasteiger charge is -2.06. The van der Waals surface area contributed by atoms with Gasteiger partial charge >= 0.3 is 0 Å². The van der Waals surface area contributed by atoms with Gasteiger partial charge in [0, 0.05) is 18.0 Å². The Morgan fingerprint density at radius 2 is 1.96 bits per heavy atom. The maximum Gasteiger partial charge on any atom is 0.216 e. The summed E-state index contributed by atoms with van der Waals surface area (Å²) in [5.41, 5.74) is 2.84. The lowest BCUT2D eigenvalue weighted by molar-refractivity contribution is 0.306. The zero-order valence-corrected chi connectivity index (χ0v) is 15.7. The first kappa shape index (κ1) is 17.8. The number of hydrogen-bond donors (Lipinski definition) is 1. The van der Waals surface area contributed by atoms with Crippen molar-refractivity contribution in [3.63, 3.8) is 0 Å². The van der Waals surface area contributed by atoms with Gasteiger partial charge in [-0.2, -0.15) is 14.9 Å². The average Bonchev–Trinajstić information content (AvgIpc) is 3.13. The summed E-state index contributed by atoms with van der Waals surface area (Å²) in [6.07, 6.45) is 5.15. The van der Waals surface area contributed by atoms with Crippen LogP contribution in [-0.2, 0) is 6.61 Å². The molecule has 2 heterocycles. The number of benzene rings is 2. The summed E-state index contributed by atoms with van der Waals surface area (Å²) in [4.78, 5) is 4.12. The molecule has 0 saturated carbocycles. The number of rotatable bonds is 6. The molecule has 7 heteroatoms. The molecule has 4 rings (SSSR count). The lowest BCUT2D eigenvalue weighted by Crippen LogP contribution is -1.97. The molecule has 0 aliphatic rings. The minimum absolute atomic E-state index is 0.409. The van der Waals surface area contributed by atoms with Crippen molar-refractivity contribution in [2.75, 3.05) is 0 Å². The van der Waals surface area contributed by atoms with E-state index in [9.17, 15) is 0 Å². The molecule has 0 aliphatic carbocycles. The summed E-state index contributed by atoms with van der Waals surface area (Å²) in [6, 6.07) is 21.5. The summed E-state index contributed by atoms with van der Waals surface area (Å²) in [5.74, 6) is 1.38. The molecule has 0 unspecified atom stereocenters. The zero-order valence-electron chi connectivity index (χ0n) is 14.9. The maximum atomic E-state index is 5.87. The third-order valence-corrected chi connectivity index (χ3v) is 4.26. The lowest BCUT2D eigenvalue weighted by atomic mass is 10.2. The second-order valence-electron chi connectivity index (χ2n) is 6.00. The Bertz CT molecular complexity index is 1140. The van der Waals surface area contributed by atoms with E-state index in [1.807, 2.05) is 66.7 Å². The van der Waals surface area contributed by atoms with Gasteiger partial charge in [-0.05, 0) is 47.6 Å². The van der Waals surface area contributed by atoms with Gasteiger partial charge in [-0.25, -0.2) is 5.10 Å². The third kappa shape index (κ3) is 4.21. The van der Waals surface area contributed by atoms with Crippen LogP contribution in [0.25, 0.3) is 11.4 Å². The van der Waals surface area contributed by atoms with Crippen LogP contribution in [0.2, 0.25) is 0 Å². The molecule has 0 fully saturated rings. The second-order valence-corrected chi connectivity index (χ2v) is 6.38. The highest BCUT2D eigenvalue weighted by Gasteiger charge is 2.07. The van der Waals surface area contributed by atoms with E-state index in [0.717, 1.165) is 22.4 Å². The van der Waals surface area contributed by atoms with Crippen molar-refractivity contribution in [2.24, 2.45) is 5.10 Å². The van der Waals surface area contributed by atoms with Crippen LogP contribution in [-0.4, -0.2) is 26.1 Å². The van der Waals surface area contributed by atoms with Crippen molar-refractivity contribution in [2.45, 2.75) is 6.61 Å². The number of nitrogens with one attached hydrogen (secondary N) is 1. The predicted octanol–water partition coefficient (Wildman–Crippen LogP) is 4.46. The van der Waals surface area contributed by atoms with Crippen LogP contribution in [0, 0.1) is 4.77 Å². The van der Waals surface area contributed by atoms with Gasteiger partial charge in [0.15, 0.2) is 5.82 Å². The van der Waals surface area contributed by atoms with Crippen LogP contribution in [0.1, 0.15) is 11.1 Å². The van der Waals surface area contributed by atoms with Gasteiger partial charge < -0.3 is 4.74 Å². The molecular weight excluding hydrogens is 370 g/mol. The highest BCUT2D eigenvalue weighted by atomic mass is 32.1. The standard InChI is InChI=1S/C21H17N5OS/c28-21-25-24-20(18-9-5-11-22-14-18)26(21)23-13-17-8-4-10-19(12-17)27-15-16-6-2-1-3-7-16/h1-14H,15H2,(H,25,28). The molecule has 0 saturated heterocycles. The molecule has 6 nitrogen and oxygen atoms in total. The molecule has 0 radical (unpaired) electrons. The summed E-state index contributed by atoms with van der Waals surface area (Å²) >= 11 is 5.30. The number of nitrogens with zero attached hydrogens (tertiary/aromatic N) is 4. The SMILES string of the molecule is S=c1[nH]nc(-c2cccnc2)n1N=Cc1cccc(OCc2ccccc2)c1. The van der Waals surface area contributed by atoms with Gasteiger partial charge in [-0.1, -0.05) is 42.5 Å². The van der Waals surface area contributed by atoms with Crippen LogP contribution < -0.4 is 4.74 Å². The molecule has 0 bridgehead atoms. The first-order chi connectivity index (χ1) is 13.8. The molecule has 2 aromatic heterocycles. The van der Waals surface area contributed by atoms with Crippen LogP contribution in [0.15, 0.2) is 84.2 Å². The number of aromatic amines is 1. The van der Waals surface area contributed by atoms with Gasteiger partial charge in [0.25, 0.3) is 0 Å². The van der Waals surface area contributed by atoms with E-state index >= 15 is 0 Å². The molecule has 4 aromatic rings. The number of aromatic nitrogens is 4. The van der Waals surface area contributed by atoms with E-state index in [2.05, 4.69) is 20.3 Å². The third-order valence-electron chi connectivity index (χ3n) is 4.00. The molecule has 0 aliphatic heterocycles. The summed E-state index contributed by atoms with van der Waals surface area (Å²) in [7, 11) is 0. The molecule has 0 atom stereocenters. The van der Waals surface area contributed by atoms with Crippen molar-refractivity contribution in [1.29, 1.82) is 0 Å². The van der Waals surface area contributed by atoms with Gasteiger partial charge in [0.1, 0.15) is 12.4 Å². The Hall–Kier alpha value is -3.58. The van der Waals surface area contributed by atoms with Gasteiger partial charge in [-0.3, -0.25) is 4.98 Å². The molecule has 0 spiro atoms. The highest BCUT2D eigenvalue weighted by molar-refractivity contribution is 7.71. The fourth-order valence-corrected chi connectivity index (χ4v) is 2.81. The molecule has 1 N–H and O–H groups in total. The Balaban J connectivity index is 1.53. The molecule has 0 amide bonds. The Morgan fingerprint density at radius 1 is 1.07 bits per heavy atom. The van der Waals surface area contributed by atoms with Gasteiger partial charge in [0.05, 0.1) is 6.21 Å². The Kier molecular flexibility index (Phi) is 5.35. The minimum atomic E-state index is 0.409. The van der Waals surface area contributed by atoms with Crippen LogP contribution in [0.3, 0.4) is 0 Å². The Labute approximate surface area is 167 Å². The second kappa shape index (κ2) is 8.41. The van der Waals surface area contributed by atoms with E-state index in [-0.39, 0.29) is 0 Å². The van der Waals surface area contributed by atoms with E-state index in [1.54, 1.807) is 23.3 Å². The Morgan fingerprint density at radius 3 is 2.79 bits per heavy atom. The molecular formula is C21H17N5OS. The first-order valence-electron chi connectivity index (χ1n) is 8.68.